The van der Waals surface area contributed by atoms with Crippen LogP contribution < -0.4 is 0 Å². The van der Waals surface area contributed by atoms with Gasteiger partial charge in [0, 0.05) is 0 Å². The third-order valence-corrected chi connectivity index (χ3v) is 5.70. The first-order valence-electron chi connectivity index (χ1n) is 7.11. The standard InChI is InChI=1S/C15H24O4/c1-13(2,11(16)17)10-5-8-14(3)6-4-7-15(10,9-14)12(18)19/h10H,4-9H2,1-3H3,(H,16,17)(H,18,19)/t10-,14-,15+/m0/s1. The van der Waals surface area contributed by atoms with Crippen molar-refractivity contribution in [1.29, 1.82) is 0 Å². The van der Waals surface area contributed by atoms with Crippen molar-refractivity contribution < 1.29 is 19.8 Å². The molecule has 3 atom stereocenters. The van der Waals surface area contributed by atoms with E-state index in [1.54, 1.807) is 13.8 Å². The summed E-state index contributed by atoms with van der Waals surface area (Å²) in [6, 6.07) is 0. The zero-order chi connectivity index (χ0) is 14.5. The third kappa shape index (κ3) is 2.05. The zero-order valence-electron chi connectivity index (χ0n) is 12.0. The predicted molar refractivity (Wildman–Crippen MR) is 70.8 cm³/mol. The Morgan fingerprint density at radius 2 is 1.79 bits per heavy atom. The zero-order valence-corrected chi connectivity index (χ0v) is 12.0. The second-order valence-electron chi connectivity index (χ2n) is 7.42. The summed E-state index contributed by atoms with van der Waals surface area (Å²) >= 11 is 0. The van der Waals surface area contributed by atoms with Gasteiger partial charge in [0.15, 0.2) is 0 Å². The van der Waals surface area contributed by atoms with E-state index in [9.17, 15) is 19.8 Å². The van der Waals surface area contributed by atoms with Gasteiger partial charge in [-0.25, -0.2) is 0 Å². The highest BCUT2D eigenvalue weighted by Gasteiger charge is 2.60. The molecule has 0 aromatic carbocycles. The Bertz CT molecular complexity index is 414. The molecule has 0 radical (unpaired) electrons. The minimum Gasteiger partial charge on any atom is -0.481 e. The second-order valence-corrected chi connectivity index (χ2v) is 7.42. The molecule has 0 heterocycles. The molecule has 2 aliphatic carbocycles. The van der Waals surface area contributed by atoms with Crippen molar-refractivity contribution in [2.45, 2.75) is 59.3 Å². The predicted octanol–water partition coefficient (Wildman–Crippen LogP) is 3.16. The van der Waals surface area contributed by atoms with E-state index < -0.39 is 22.8 Å². The van der Waals surface area contributed by atoms with E-state index in [0.717, 1.165) is 19.3 Å². The van der Waals surface area contributed by atoms with Crippen LogP contribution in [0.3, 0.4) is 0 Å². The van der Waals surface area contributed by atoms with Gasteiger partial charge in [-0.1, -0.05) is 13.3 Å². The molecule has 0 aromatic rings. The maximum Gasteiger partial charge on any atom is 0.309 e. The number of aliphatic carboxylic acids is 2. The van der Waals surface area contributed by atoms with Crippen LogP contribution in [0.15, 0.2) is 0 Å². The topological polar surface area (TPSA) is 74.6 Å². The van der Waals surface area contributed by atoms with Crippen molar-refractivity contribution in [3.8, 4) is 0 Å². The molecule has 2 rings (SSSR count). The molecule has 2 saturated carbocycles. The van der Waals surface area contributed by atoms with E-state index >= 15 is 0 Å². The number of carboxylic acid groups (broad SMARTS) is 2. The average molecular weight is 268 g/mol. The molecule has 0 aromatic heterocycles. The lowest BCUT2D eigenvalue weighted by molar-refractivity contribution is -0.179. The summed E-state index contributed by atoms with van der Waals surface area (Å²) < 4.78 is 0. The van der Waals surface area contributed by atoms with Crippen molar-refractivity contribution in [3.63, 3.8) is 0 Å². The number of hydrogen-bond donors (Lipinski definition) is 2. The summed E-state index contributed by atoms with van der Waals surface area (Å²) in [6.45, 7) is 5.53. The first-order valence-corrected chi connectivity index (χ1v) is 7.11. The molecular formula is C15H24O4. The van der Waals surface area contributed by atoms with Gasteiger partial charge < -0.3 is 10.2 Å². The SMILES string of the molecule is CC(C)(C(=O)O)[C@@H]1CC[C@]2(C)CCC[C@@]1(C(=O)O)C2. The fraction of sp³-hybridized carbons (Fsp3) is 0.867. The Morgan fingerprint density at radius 3 is 2.32 bits per heavy atom. The van der Waals surface area contributed by atoms with E-state index in [1.165, 1.54) is 0 Å². The maximum atomic E-state index is 11.9. The summed E-state index contributed by atoms with van der Waals surface area (Å²) in [4.78, 5) is 23.4. The van der Waals surface area contributed by atoms with Crippen LogP contribution in [-0.4, -0.2) is 22.2 Å². The van der Waals surface area contributed by atoms with Gasteiger partial charge in [-0.15, -0.1) is 0 Å². The van der Waals surface area contributed by atoms with Crippen LogP contribution in [0.1, 0.15) is 59.3 Å². The van der Waals surface area contributed by atoms with Crippen LogP contribution in [-0.2, 0) is 9.59 Å². The van der Waals surface area contributed by atoms with Crippen molar-refractivity contribution in [3.05, 3.63) is 0 Å². The lowest BCUT2D eigenvalue weighted by atomic mass is 9.47. The molecule has 0 spiro atoms. The van der Waals surface area contributed by atoms with Crippen LogP contribution in [0.25, 0.3) is 0 Å². The first kappa shape index (κ1) is 14.4. The van der Waals surface area contributed by atoms with Crippen LogP contribution in [0, 0.1) is 22.2 Å². The van der Waals surface area contributed by atoms with Gasteiger partial charge >= 0.3 is 11.9 Å². The number of carboxylic acids is 2. The number of carbonyl (C=O) groups is 2. The van der Waals surface area contributed by atoms with E-state index in [4.69, 9.17) is 0 Å². The largest absolute Gasteiger partial charge is 0.481 e. The van der Waals surface area contributed by atoms with Crippen molar-refractivity contribution in [2.75, 3.05) is 0 Å². The minimum absolute atomic E-state index is 0.0850. The molecule has 2 aliphatic rings. The lowest BCUT2D eigenvalue weighted by Crippen LogP contribution is -2.55. The van der Waals surface area contributed by atoms with Crippen LogP contribution in [0.5, 0.6) is 0 Å². The van der Waals surface area contributed by atoms with Gasteiger partial charge in [0.1, 0.15) is 0 Å². The summed E-state index contributed by atoms with van der Waals surface area (Å²) in [6.07, 6.45) is 4.89. The third-order valence-electron chi connectivity index (χ3n) is 5.70. The highest BCUT2D eigenvalue weighted by atomic mass is 16.4. The van der Waals surface area contributed by atoms with E-state index in [1.807, 2.05) is 0 Å². The number of rotatable bonds is 3. The smallest absolute Gasteiger partial charge is 0.309 e. The molecule has 2 N–H and O–H groups in total. The van der Waals surface area contributed by atoms with E-state index in [2.05, 4.69) is 6.92 Å². The molecule has 2 fully saturated rings. The molecule has 19 heavy (non-hydrogen) atoms. The molecular weight excluding hydrogens is 244 g/mol. The summed E-state index contributed by atoms with van der Waals surface area (Å²) in [5.74, 6) is -1.95. The van der Waals surface area contributed by atoms with Gasteiger partial charge in [-0.3, -0.25) is 9.59 Å². The van der Waals surface area contributed by atoms with Gasteiger partial charge in [-0.2, -0.15) is 0 Å². The van der Waals surface area contributed by atoms with Crippen LogP contribution >= 0.6 is 0 Å². The Hall–Kier alpha value is -1.06. The quantitative estimate of drug-likeness (QED) is 0.824. The number of fused-ring (bicyclic) bond motifs is 2. The maximum absolute atomic E-state index is 11.9. The van der Waals surface area contributed by atoms with Crippen LogP contribution in [0.4, 0.5) is 0 Å². The fourth-order valence-corrected chi connectivity index (χ4v) is 4.58. The highest BCUT2D eigenvalue weighted by Crippen LogP contribution is 2.62. The fourth-order valence-electron chi connectivity index (χ4n) is 4.58. The second kappa shape index (κ2) is 4.22. The van der Waals surface area contributed by atoms with Crippen molar-refractivity contribution >= 4 is 11.9 Å². The Labute approximate surface area is 114 Å². The average Bonchev–Trinajstić information content (AvgIpc) is 2.27. The van der Waals surface area contributed by atoms with E-state index in [0.29, 0.717) is 19.3 Å². The lowest BCUT2D eigenvalue weighted by Gasteiger charge is -2.56. The van der Waals surface area contributed by atoms with Crippen molar-refractivity contribution in [2.24, 2.45) is 22.2 Å². The molecule has 4 heteroatoms. The van der Waals surface area contributed by atoms with Gasteiger partial charge in [-0.05, 0) is 57.3 Å². The van der Waals surface area contributed by atoms with Gasteiger partial charge in [0.2, 0.25) is 0 Å². The van der Waals surface area contributed by atoms with Crippen LogP contribution in [0.2, 0.25) is 0 Å². The molecule has 108 valence electrons. The summed E-state index contributed by atoms with van der Waals surface area (Å²) in [7, 11) is 0. The Morgan fingerprint density at radius 1 is 1.16 bits per heavy atom. The molecule has 0 amide bonds. The molecule has 2 bridgehead atoms. The molecule has 4 nitrogen and oxygen atoms in total. The van der Waals surface area contributed by atoms with E-state index in [-0.39, 0.29) is 11.3 Å². The minimum atomic E-state index is -0.975. The van der Waals surface area contributed by atoms with Gasteiger partial charge in [0.05, 0.1) is 10.8 Å². The summed E-state index contributed by atoms with van der Waals surface area (Å²) in [5.41, 5.74) is -1.73. The van der Waals surface area contributed by atoms with Crippen molar-refractivity contribution in [1.82, 2.24) is 0 Å². The highest BCUT2D eigenvalue weighted by molar-refractivity contribution is 5.80. The van der Waals surface area contributed by atoms with Gasteiger partial charge in [0.25, 0.3) is 0 Å². The molecule has 0 unspecified atom stereocenters. The molecule has 0 aliphatic heterocycles. The first-order chi connectivity index (χ1) is 8.64. The Kier molecular flexibility index (Phi) is 3.19. The normalized spacial score (nSPS) is 38.8. The number of hydrogen-bond acceptors (Lipinski definition) is 2. The molecule has 0 saturated heterocycles. The summed E-state index contributed by atoms with van der Waals surface area (Å²) in [5, 5.41) is 19.2. The Balaban J connectivity index is 2.44. The monoisotopic (exact) mass is 268 g/mol.